The van der Waals surface area contributed by atoms with Crippen LogP contribution in [-0.4, -0.2) is 74.8 Å². The summed E-state index contributed by atoms with van der Waals surface area (Å²) >= 11 is 0. The summed E-state index contributed by atoms with van der Waals surface area (Å²) in [6.07, 6.45) is 3.13. The van der Waals surface area contributed by atoms with Crippen molar-refractivity contribution < 1.29 is 39.5 Å². The molecule has 8 heteroatoms. The van der Waals surface area contributed by atoms with Gasteiger partial charge >= 0.3 is 5.97 Å². The van der Waals surface area contributed by atoms with E-state index >= 15 is 0 Å². The van der Waals surface area contributed by atoms with Gasteiger partial charge in [-0.3, -0.25) is 4.79 Å². The van der Waals surface area contributed by atoms with Gasteiger partial charge in [0.15, 0.2) is 0 Å². The van der Waals surface area contributed by atoms with E-state index in [9.17, 15) is 34.7 Å². The van der Waals surface area contributed by atoms with Crippen molar-refractivity contribution >= 4 is 5.97 Å². The van der Waals surface area contributed by atoms with Crippen LogP contribution in [0.2, 0.25) is 0 Å². The van der Waals surface area contributed by atoms with Crippen molar-refractivity contribution in [2.24, 2.45) is 56.2 Å². The molecule has 5 N–H and O–H groups in total. The minimum atomic E-state index is -1.58. The van der Waals surface area contributed by atoms with Gasteiger partial charge in [-0.05, 0) is 115 Å². The summed E-state index contributed by atoms with van der Waals surface area (Å²) in [7, 11) is 0. The molecule has 6 unspecified atom stereocenters. The van der Waals surface area contributed by atoms with E-state index in [1.165, 1.54) is 5.57 Å². The smallest absolute Gasteiger partial charge is 0.310 e. The van der Waals surface area contributed by atoms with Crippen LogP contribution < -0.4 is 0 Å². The molecule has 0 aromatic heterocycles. The molecule has 1 saturated heterocycles. The van der Waals surface area contributed by atoms with Crippen molar-refractivity contribution in [1.82, 2.24) is 0 Å². The average molecular weight is 635 g/mol. The van der Waals surface area contributed by atoms with Crippen LogP contribution in [0.3, 0.4) is 0 Å². The summed E-state index contributed by atoms with van der Waals surface area (Å²) in [4.78, 5) is 12.9. The van der Waals surface area contributed by atoms with Gasteiger partial charge in [-0.2, -0.15) is 0 Å². The molecule has 256 valence electrons. The van der Waals surface area contributed by atoms with Crippen LogP contribution >= 0.6 is 0 Å². The molecule has 6 aliphatic rings. The lowest BCUT2D eigenvalue weighted by Gasteiger charge is -2.71. The lowest BCUT2D eigenvalue weighted by molar-refractivity contribution is -0.265. The van der Waals surface area contributed by atoms with Gasteiger partial charge in [0.05, 0.1) is 11.5 Å². The molecule has 4 saturated carbocycles. The van der Waals surface area contributed by atoms with Gasteiger partial charge in [0.25, 0.3) is 0 Å². The van der Waals surface area contributed by atoms with Crippen molar-refractivity contribution in [3.63, 3.8) is 0 Å². The normalized spacial score (nSPS) is 52.7. The third kappa shape index (κ3) is 4.54. The first-order valence-electron chi connectivity index (χ1n) is 17.7. The average Bonchev–Trinajstić information content (AvgIpc) is 2.95. The van der Waals surface area contributed by atoms with Gasteiger partial charge in [0, 0.05) is 0 Å². The topological polar surface area (TPSA) is 127 Å². The second-order valence-corrected chi connectivity index (χ2v) is 18.4. The molecule has 0 amide bonds. The maximum Gasteiger partial charge on any atom is 0.310 e. The Hall–Kier alpha value is -1.06. The Balaban J connectivity index is 1.31. The SMILES string of the molecule is CC1(C)CC[C@]2(C(=O)O)CC[C@]3(C)C(=CCC4[C@@]5(C)CC[C@@H](C(O)[C@@H]6OC(CF)[C@@H](O)C(O)[C@@H]6O)C(C)(C)C5CC[C@]43C)C2C1. The minimum absolute atomic E-state index is 0.00580. The zero-order valence-corrected chi connectivity index (χ0v) is 28.6. The van der Waals surface area contributed by atoms with Crippen LogP contribution in [0, 0.1) is 56.2 Å². The molecular weight excluding hydrogens is 575 g/mol. The zero-order chi connectivity index (χ0) is 33.1. The molecule has 1 heterocycles. The van der Waals surface area contributed by atoms with Crippen LogP contribution in [0.1, 0.15) is 113 Å². The van der Waals surface area contributed by atoms with Gasteiger partial charge in [-0.25, -0.2) is 4.39 Å². The van der Waals surface area contributed by atoms with Gasteiger partial charge < -0.3 is 30.3 Å². The van der Waals surface area contributed by atoms with Gasteiger partial charge in [0.1, 0.15) is 37.2 Å². The molecule has 6 rings (SSSR count). The number of alkyl halides is 1. The highest BCUT2D eigenvalue weighted by Gasteiger charge is 2.70. The fourth-order valence-electron chi connectivity index (χ4n) is 12.9. The Kier molecular flexibility index (Phi) is 8.06. The molecule has 0 aromatic carbocycles. The number of hydrogen-bond acceptors (Lipinski definition) is 6. The van der Waals surface area contributed by atoms with Crippen LogP contribution in [0.15, 0.2) is 11.6 Å². The van der Waals surface area contributed by atoms with Gasteiger partial charge in [0.2, 0.25) is 0 Å². The van der Waals surface area contributed by atoms with E-state index in [1.54, 1.807) is 0 Å². The molecule has 45 heavy (non-hydrogen) atoms. The van der Waals surface area contributed by atoms with Gasteiger partial charge in [-0.1, -0.05) is 60.1 Å². The van der Waals surface area contributed by atoms with Crippen molar-refractivity contribution in [3.8, 4) is 0 Å². The monoisotopic (exact) mass is 634 g/mol. The number of rotatable bonds is 4. The highest BCUT2D eigenvalue weighted by Crippen LogP contribution is 2.76. The quantitative estimate of drug-likeness (QED) is 0.252. The third-order valence-corrected chi connectivity index (χ3v) is 15.8. The van der Waals surface area contributed by atoms with E-state index in [0.717, 1.165) is 57.8 Å². The molecule has 0 aromatic rings. The fraction of sp³-hybridized carbons (Fsp3) is 0.919. The van der Waals surface area contributed by atoms with E-state index in [0.29, 0.717) is 18.3 Å². The number of aliphatic carboxylic acids is 1. The molecule has 0 spiro atoms. The number of fused-ring (bicyclic) bond motifs is 7. The van der Waals surface area contributed by atoms with Crippen molar-refractivity contribution in [2.45, 2.75) is 149 Å². The Bertz CT molecular complexity index is 1220. The Morgan fingerprint density at radius 3 is 2.22 bits per heavy atom. The number of allylic oxidation sites excluding steroid dienone is 2. The summed E-state index contributed by atoms with van der Waals surface area (Å²) < 4.78 is 19.4. The summed E-state index contributed by atoms with van der Waals surface area (Å²) in [5.41, 5.74) is 0.507. The lowest BCUT2D eigenvalue weighted by Crippen LogP contribution is -2.67. The predicted octanol–water partition coefficient (Wildman–Crippen LogP) is 5.67. The Labute approximate surface area is 269 Å². The van der Waals surface area contributed by atoms with E-state index in [-0.39, 0.29) is 38.9 Å². The molecule has 1 aliphatic heterocycles. The van der Waals surface area contributed by atoms with Crippen molar-refractivity contribution in [3.05, 3.63) is 11.6 Å². The molecule has 0 radical (unpaired) electrons. The highest BCUT2D eigenvalue weighted by atomic mass is 19.1. The van der Waals surface area contributed by atoms with Crippen molar-refractivity contribution in [2.75, 3.05) is 6.67 Å². The Morgan fingerprint density at radius 2 is 1.58 bits per heavy atom. The first kappa shape index (κ1) is 33.8. The zero-order valence-electron chi connectivity index (χ0n) is 28.6. The summed E-state index contributed by atoms with van der Waals surface area (Å²) in [5.74, 6) is -0.0683. The third-order valence-electron chi connectivity index (χ3n) is 15.8. The number of carboxylic acids is 1. The Morgan fingerprint density at radius 1 is 0.911 bits per heavy atom. The van der Waals surface area contributed by atoms with Crippen molar-refractivity contribution in [1.29, 1.82) is 0 Å². The predicted molar refractivity (Wildman–Crippen MR) is 169 cm³/mol. The maximum atomic E-state index is 13.7. The van der Waals surface area contributed by atoms with Crippen LogP contribution in [0.25, 0.3) is 0 Å². The van der Waals surface area contributed by atoms with E-state index in [4.69, 9.17) is 4.74 Å². The highest BCUT2D eigenvalue weighted by molar-refractivity contribution is 5.76. The van der Waals surface area contributed by atoms with E-state index in [1.807, 2.05) is 0 Å². The molecule has 5 aliphatic carbocycles. The molecule has 7 nitrogen and oxygen atoms in total. The number of carbonyl (C=O) groups is 1. The summed E-state index contributed by atoms with van der Waals surface area (Å²) in [6, 6.07) is 0. The fourth-order valence-corrected chi connectivity index (χ4v) is 12.9. The standard InChI is InChI=1S/C37H59FO7/c1-32(2)14-16-37(31(43)44)17-15-35(6)20(22(37)18-32)8-9-25-34(5)12-10-21(33(3,4)24(34)11-13-36(25,35)7)26(39)30-29(42)28(41)27(40)23(19-38)45-30/h8,21-30,39-42H,9-19H2,1-7H3,(H,43,44)/t21-,22?,23?,24?,25?,26?,27+,28?,29-,30-,34-,35+,36+,37-/m0/s1. The number of aliphatic hydroxyl groups excluding tert-OH is 4. The molecule has 0 bridgehead atoms. The second-order valence-electron chi connectivity index (χ2n) is 18.4. The van der Waals surface area contributed by atoms with E-state index < -0.39 is 54.7 Å². The number of halogens is 1. The largest absolute Gasteiger partial charge is 0.481 e. The van der Waals surface area contributed by atoms with E-state index in [2.05, 4.69) is 54.5 Å². The van der Waals surface area contributed by atoms with Gasteiger partial charge in [-0.15, -0.1) is 0 Å². The number of hydrogen-bond donors (Lipinski definition) is 5. The van der Waals surface area contributed by atoms with Crippen LogP contribution in [0.5, 0.6) is 0 Å². The second kappa shape index (κ2) is 10.7. The summed E-state index contributed by atoms with van der Waals surface area (Å²) in [6.45, 7) is 15.4. The lowest BCUT2D eigenvalue weighted by atomic mass is 9.33. The molecule has 14 atom stereocenters. The number of ether oxygens (including phenoxy) is 1. The maximum absolute atomic E-state index is 13.7. The van der Waals surface area contributed by atoms with Crippen LogP contribution in [0.4, 0.5) is 4.39 Å². The molecule has 5 fully saturated rings. The summed E-state index contributed by atoms with van der Waals surface area (Å²) in [5, 5.41) is 53.8. The first-order chi connectivity index (χ1) is 20.8. The number of aliphatic hydroxyl groups is 4. The van der Waals surface area contributed by atoms with Crippen LogP contribution in [-0.2, 0) is 9.53 Å². The first-order valence-corrected chi connectivity index (χ1v) is 17.7. The number of carboxylic acid groups (broad SMARTS) is 1. The molecular formula is C37H59FO7. The minimum Gasteiger partial charge on any atom is -0.481 e.